The van der Waals surface area contributed by atoms with E-state index in [-0.39, 0.29) is 5.92 Å². The minimum Gasteiger partial charge on any atom is -0.497 e. The van der Waals surface area contributed by atoms with Crippen molar-refractivity contribution in [3.8, 4) is 5.75 Å². The van der Waals surface area contributed by atoms with Crippen LogP contribution >= 0.6 is 0 Å². The van der Waals surface area contributed by atoms with Gasteiger partial charge in [-0.15, -0.1) is 0 Å². The van der Waals surface area contributed by atoms with Gasteiger partial charge in [0, 0.05) is 24.3 Å². The van der Waals surface area contributed by atoms with Crippen molar-refractivity contribution in [1.29, 1.82) is 0 Å². The van der Waals surface area contributed by atoms with E-state index in [2.05, 4.69) is 20.1 Å². The third-order valence-corrected chi connectivity index (χ3v) is 6.85. The number of aryl methyl sites for hydroxylation is 1. The van der Waals surface area contributed by atoms with Crippen LogP contribution in [0.4, 0.5) is 4.39 Å². The Morgan fingerprint density at radius 2 is 2.15 bits per heavy atom. The molecule has 1 aliphatic rings. The first-order valence-electron chi connectivity index (χ1n) is 11.8. The van der Waals surface area contributed by atoms with Gasteiger partial charge in [-0.25, -0.2) is 4.39 Å². The van der Waals surface area contributed by atoms with Crippen molar-refractivity contribution in [2.45, 2.75) is 38.3 Å². The highest BCUT2D eigenvalue weighted by Gasteiger charge is 2.34. The van der Waals surface area contributed by atoms with Gasteiger partial charge in [0.2, 0.25) is 0 Å². The molecule has 4 rings (SSSR count). The second-order valence-corrected chi connectivity index (χ2v) is 8.98. The first-order chi connectivity index (χ1) is 16.5. The molecule has 180 valence electrons. The van der Waals surface area contributed by atoms with Crippen LogP contribution < -0.4 is 4.74 Å². The van der Waals surface area contributed by atoms with Crippen molar-refractivity contribution in [2.75, 3.05) is 26.7 Å². The molecular weight excluding hydrogens is 435 g/mol. The Morgan fingerprint density at radius 1 is 1.26 bits per heavy atom. The number of alkyl halides is 1. The number of aliphatic carboxylic acids is 1. The summed E-state index contributed by atoms with van der Waals surface area (Å²) >= 11 is 0. The number of methoxy groups -OCH3 is 1. The summed E-state index contributed by atoms with van der Waals surface area (Å²) in [7, 11) is 1.58. The second kappa shape index (κ2) is 11.3. The normalized spacial score (nSPS) is 19.7. The highest BCUT2D eigenvalue weighted by Crippen LogP contribution is 2.35. The fraction of sp³-hybridized carbons (Fsp3) is 0.462. The molecule has 0 bridgehead atoms. The van der Waals surface area contributed by atoms with Crippen LogP contribution in [0, 0.1) is 11.8 Å². The van der Waals surface area contributed by atoms with Crippen LogP contribution in [-0.4, -0.2) is 57.9 Å². The summed E-state index contributed by atoms with van der Waals surface area (Å²) in [5.41, 5.74) is 2.44. The molecule has 1 aliphatic heterocycles. The summed E-state index contributed by atoms with van der Waals surface area (Å²) in [5, 5.41) is 18.3. The molecule has 0 aliphatic carbocycles. The van der Waals surface area contributed by atoms with Gasteiger partial charge in [0.05, 0.1) is 24.7 Å². The molecule has 1 N–H and O–H groups in total. The summed E-state index contributed by atoms with van der Waals surface area (Å²) < 4.78 is 20.6. The monoisotopic (exact) mass is 466 g/mol. The van der Waals surface area contributed by atoms with Gasteiger partial charge in [0.15, 0.2) is 0 Å². The average molecular weight is 467 g/mol. The molecule has 2 aromatic heterocycles. The van der Waals surface area contributed by atoms with Gasteiger partial charge in [0.25, 0.3) is 0 Å². The Morgan fingerprint density at radius 3 is 2.91 bits per heavy atom. The smallest absolute Gasteiger partial charge is 0.308 e. The van der Waals surface area contributed by atoms with E-state index < -0.39 is 18.1 Å². The molecule has 1 aromatic carbocycles. The molecule has 0 radical (unpaired) electrons. The Labute approximate surface area is 199 Å². The molecule has 1 fully saturated rings. The van der Waals surface area contributed by atoms with Crippen molar-refractivity contribution >= 4 is 16.9 Å². The molecule has 1 saturated heterocycles. The average Bonchev–Trinajstić information content (AvgIpc) is 2.87. The van der Waals surface area contributed by atoms with Gasteiger partial charge in [-0.2, -0.15) is 10.2 Å². The minimum atomic E-state index is -1.18. The van der Waals surface area contributed by atoms with Crippen LogP contribution in [-0.2, 0) is 11.2 Å². The molecule has 3 atom stereocenters. The number of aromatic nitrogens is 3. The van der Waals surface area contributed by atoms with E-state index in [1.807, 2.05) is 24.3 Å². The van der Waals surface area contributed by atoms with Crippen molar-refractivity contribution in [3.05, 3.63) is 60.0 Å². The Bertz CT molecular complexity index is 1100. The second-order valence-electron chi connectivity index (χ2n) is 8.98. The molecule has 3 heterocycles. The molecule has 0 unspecified atom stereocenters. The summed E-state index contributed by atoms with van der Waals surface area (Å²) in [6.07, 6.45) is 7.33. The number of hydrogen-bond acceptors (Lipinski definition) is 6. The SMILES string of the molecule is COc1ccc2nccc([C@H](F)CC[C@@H]3CCN(CCCc4ccnnc4)C[C@@H]3C(=O)O)c2c1. The number of nitrogens with zero attached hydrogens (tertiary/aromatic N) is 4. The maximum atomic E-state index is 15.4. The molecule has 0 amide bonds. The number of pyridine rings is 1. The molecule has 0 saturated carbocycles. The van der Waals surface area contributed by atoms with Crippen molar-refractivity contribution in [1.82, 2.24) is 20.1 Å². The number of halogens is 1. The molecule has 7 nitrogen and oxygen atoms in total. The molecule has 34 heavy (non-hydrogen) atoms. The molecular formula is C26H31FN4O3. The Kier molecular flexibility index (Phi) is 8.00. The van der Waals surface area contributed by atoms with E-state index in [0.29, 0.717) is 30.7 Å². The van der Waals surface area contributed by atoms with E-state index in [0.717, 1.165) is 48.8 Å². The number of hydrogen-bond donors (Lipinski definition) is 1. The summed E-state index contributed by atoms with van der Waals surface area (Å²) in [6, 6.07) is 9.11. The van der Waals surface area contributed by atoms with Gasteiger partial charge >= 0.3 is 5.97 Å². The Balaban J connectivity index is 1.34. The van der Waals surface area contributed by atoms with E-state index in [1.54, 1.807) is 31.8 Å². The lowest BCUT2D eigenvalue weighted by atomic mass is 9.81. The van der Waals surface area contributed by atoms with E-state index in [1.165, 1.54) is 0 Å². The number of ether oxygens (including phenoxy) is 1. The molecule has 0 spiro atoms. The predicted octanol–water partition coefficient (Wildman–Crippen LogP) is 4.48. The van der Waals surface area contributed by atoms with Crippen LogP contribution in [0.5, 0.6) is 5.75 Å². The van der Waals surface area contributed by atoms with E-state index in [4.69, 9.17) is 4.74 Å². The fourth-order valence-corrected chi connectivity index (χ4v) is 4.93. The number of carbonyl (C=O) groups is 1. The minimum absolute atomic E-state index is 0.0287. The topological polar surface area (TPSA) is 88.4 Å². The zero-order chi connectivity index (χ0) is 23.9. The van der Waals surface area contributed by atoms with Gasteiger partial charge < -0.3 is 14.7 Å². The lowest BCUT2D eigenvalue weighted by Gasteiger charge is -2.37. The van der Waals surface area contributed by atoms with Crippen LogP contribution in [0.25, 0.3) is 10.9 Å². The van der Waals surface area contributed by atoms with Gasteiger partial charge in [0.1, 0.15) is 11.9 Å². The van der Waals surface area contributed by atoms with E-state index >= 15 is 4.39 Å². The summed E-state index contributed by atoms with van der Waals surface area (Å²) in [4.78, 5) is 18.6. The quantitative estimate of drug-likeness (QED) is 0.471. The maximum Gasteiger partial charge on any atom is 0.308 e. The number of fused-ring (bicyclic) bond motifs is 1. The third kappa shape index (κ3) is 5.86. The maximum absolute atomic E-state index is 15.4. The first-order valence-corrected chi connectivity index (χ1v) is 11.8. The van der Waals surface area contributed by atoms with Crippen molar-refractivity contribution < 1.29 is 19.0 Å². The number of likely N-dealkylation sites (tertiary alicyclic amines) is 1. The number of piperidine rings is 1. The zero-order valence-electron chi connectivity index (χ0n) is 19.4. The standard InChI is InChI=1S/C26H31FN4O3/c1-34-20-5-7-25-22(15-20)21(9-11-28-25)24(27)6-4-19-10-14-31(17-23(19)26(32)33)13-2-3-18-8-12-29-30-16-18/h5,7-9,11-12,15-16,19,23-24H,2-4,6,10,13-14,17H2,1H3,(H,32,33)/t19-,23+,24-/m1/s1. The van der Waals surface area contributed by atoms with Crippen molar-refractivity contribution in [3.63, 3.8) is 0 Å². The highest BCUT2D eigenvalue weighted by molar-refractivity contribution is 5.83. The third-order valence-electron chi connectivity index (χ3n) is 6.85. The zero-order valence-corrected chi connectivity index (χ0v) is 19.4. The lowest BCUT2D eigenvalue weighted by Crippen LogP contribution is -2.44. The van der Waals surface area contributed by atoms with Crippen LogP contribution in [0.2, 0.25) is 0 Å². The summed E-state index contributed by atoms with van der Waals surface area (Å²) in [6.45, 7) is 2.20. The summed E-state index contributed by atoms with van der Waals surface area (Å²) in [5.74, 6) is -0.633. The lowest BCUT2D eigenvalue weighted by molar-refractivity contribution is -0.146. The van der Waals surface area contributed by atoms with Crippen LogP contribution in [0.15, 0.2) is 48.9 Å². The number of carboxylic acid groups (broad SMARTS) is 1. The first kappa shape index (κ1) is 24.0. The van der Waals surface area contributed by atoms with Gasteiger partial charge in [-0.3, -0.25) is 9.78 Å². The number of benzene rings is 1. The van der Waals surface area contributed by atoms with Crippen LogP contribution in [0.3, 0.4) is 0 Å². The molecule has 3 aromatic rings. The molecule has 8 heteroatoms. The fourth-order valence-electron chi connectivity index (χ4n) is 4.93. The highest BCUT2D eigenvalue weighted by atomic mass is 19.1. The Hall–Kier alpha value is -3.13. The predicted molar refractivity (Wildman–Crippen MR) is 127 cm³/mol. The number of carboxylic acids is 1. The largest absolute Gasteiger partial charge is 0.497 e. The van der Waals surface area contributed by atoms with Gasteiger partial charge in [-0.1, -0.05) is 0 Å². The van der Waals surface area contributed by atoms with Gasteiger partial charge in [-0.05, 0) is 92.6 Å². The van der Waals surface area contributed by atoms with E-state index in [9.17, 15) is 9.90 Å². The number of rotatable bonds is 10. The van der Waals surface area contributed by atoms with Crippen LogP contribution in [0.1, 0.15) is 43.0 Å². The van der Waals surface area contributed by atoms with Crippen molar-refractivity contribution in [2.24, 2.45) is 11.8 Å².